The zero-order chi connectivity index (χ0) is 17.1. The van der Waals surface area contributed by atoms with Crippen LogP contribution in [0, 0.1) is 11.7 Å². The van der Waals surface area contributed by atoms with Crippen molar-refractivity contribution in [3.63, 3.8) is 0 Å². The Morgan fingerprint density at radius 2 is 1.54 bits per heavy atom. The summed E-state index contributed by atoms with van der Waals surface area (Å²) in [5.74, 6) is -0.124. The molecule has 124 valence electrons. The SMILES string of the molecule is CC1CCN(C(=O)c2ccccc2C(=O)c2ccc(F)cc2)CC1. The summed E-state index contributed by atoms with van der Waals surface area (Å²) < 4.78 is 13.1. The molecule has 0 spiro atoms. The highest BCUT2D eigenvalue weighted by atomic mass is 19.1. The van der Waals surface area contributed by atoms with Crippen LogP contribution in [-0.2, 0) is 0 Å². The van der Waals surface area contributed by atoms with Crippen LogP contribution in [0.4, 0.5) is 4.39 Å². The van der Waals surface area contributed by atoms with E-state index < -0.39 is 5.82 Å². The van der Waals surface area contributed by atoms with Crippen LogP contribution in [-0.4, -0.2) is 29.7 Å². The summed E-state index contributed by atoms with van der Waals surface area (Å²) in [6.45, 7) is 3.63. The van der Waals surface area contributed by atoms with Crippen LogP contribution in [0.1, 0.15) is 46.0 Å². The van der Waals surface area contributed by atoms with Crippen molar-refractivity contribution in [2.45, 2.75) is 19.8 Å². The Morgan fingerprint density at radius 1 is 0.958 bits per heavy atom. The Kier molecular flexibility index (Phi) is 4.74. The van der Waals surface area contributed by atoms with Gasteiger partial charge >= 0.3 is 0 Å². The van der Waals surface area contributed by atoms with Gasteiger partial charge in [-0.1, -0.05) is 25.1 Å². The number of likely N-dealkylation sites (tertiary alicyclic amines) is 1. The lowest BCUT2D eigenvalue weighted by atomic mass is 9.95. The number of halogens is 1. The fraction of sp³-hybridized carbons (Fsp3) is 0.300. The molecule has 0 saturated carbocycles. The molecule has 2 aromatic rings. The van der Waals surface area contributed by atoms with E-state index in [0.29, 0.717) is 22.6 Å². The van der Waals surface area contributed by atoms with Gasteiger partial charge in [0.1, 0.15) is 5.82 Å². The van der Waals surface area contributed by atoms with Gasteiger partial charge in [0, 0.05) is 24.2 Å². The fourth-order valence-corrected chi connectivity index (χ4v) is 3.01. The molecule has 0 N–H and O–H groups in total. The lowest BCUT2D eigenvalue weighted by molar-refractivity contribution is 0.0693. The topological polar surface area (TPSA) is 37.4 Å². The Labute approximate surface area is 141 Å². The number of benzene rings is 2. The van der Waals surface area contributed by atoms with Crippen molar-refractivity contribution in [2.75, 3.05) is 13.1 Å². The van der Waals surface area contributed by atoms with Gasteiger partial charge in [-0.05, 0) is 49.1 Å². The molecule has 0 unspecified atom stereocenters. The minimum absolute atomic E-state index is 0.104. The predicted octanol–water partition coefficient (Wildman–Crippen LogP) is 3.93. The third-order valence-electron chi connectivity index (χ3n) is 4.58. The van der Waals surface area contributed by atoms with Gasteiger partial charge in [0.2, 0.25) is 0 Å². The van der Waals surface area contributed by atoms with Crippen LogP contribution in [0.25, 0.3) is 0 Å². The maximum Gasteiger partial charge on any atom is 0.254 e. The molecule has 0 radical (unpaired) electrons. The highest BCUT2D eigenvalue weighted by molar-refractivity contribution is 6.15. The normalized spacial score (nSPS) is 15.3. The first-order valence-corrected chi connectivity index (χ1v) is 8.25. The molecular formula is C20H20FNO2. The molecule has 0 aromatic heterocycles. The number of carbonyl (C=O) groups excluding carboxylic acids is 2. The monoisotopic (exact) mass is 325 g/mol. The molecule has 0 atom stereocenters. The van der Waals surface area contributed by atoms with Gasteiger partial charge in [-0.3, -0.25) is 9.59 Å². The zero-order valence-electron chi connectivity index (χ0n) is 13.7. The molecule has 1 saturated heterocycles. The number of carbonyl (C=O) groups is 2. The zero-order valence-corrected chi connectivity index (χ0v) is 13.7. The van der Waals surface area contributed by atoms with Gasteiger partial charge in [0.05, 0.1) is 5.56 Å². The second kappa shape index (κ2) is 6.95. The minimum Gasteiger partial charge on any atom is -0.339 e. The first kappa shape index (κ1) is 16.4. The van der Waals surface area contributed by atoms with Crippen molar-refractivity contribution < 1.29 is 14.0 Å². The van der Waals surface area contributed by atoms with Crippen molar-refractivity contribution in [3.8, 4) is 0 Å². The smallest absolute Gasteiger partial charge is 0.254 e. The summed E-state index contributed by atoms with van der Waals surface area (Å²) in [5, 5.41) is 0. The molecule has 1 fully saturated rings. The van der Waals surface area contributed by atoms with Crippen molar-refractivity contribution in [1.82, 2.24) is 4.90 Å². The fourth-order valence-electron chi connectivity index (χ4n) is 3.01. The second-order valence-corrected chi connectivity index (χ2v) is 6.36. The van der Waals surface area contributed by atoms with Crippen LogP contribution < -0.4 is 0 Å². The second-order valence-electron chi connectivity index (χ2n) is 6.36. The van der Waals surface area contributed by atoms with Gasteiger partial charge in [-0.15, -0.1) is 0 Å². The van der Waals surface area contributed by atoms with Gasteiger partial charge in [-0.2, -0.15) is 0 Å². The lowest BCUT2D eigenvalue weighted by Crippen LogP contribution is -2.38. The number of amides is 1. The molecule has 0 bridgehead atoms. The lowest BCUT2D eigenvalue weighted by Gasteiger charge is -2.30. The van der Waals surface area contributed by atoms with Gasteiger partial charge in [0.25, 0.3) is 5.91 Å². The quantitative estimate of drug-likeness (QED) is 0.802. The first-order chi connectivity index (χ1) is 11.6. The third kappa shape index (κ3) is 3.37. The Bertz CT molecular complexity index is 746. The van der Waals surface area contributed by atoms with Crippen molar-refractivity contribution >= 4 is 11.7 Å². The predicted molar refractivity (Wildman–Crippen MR) is 90.6 cm³/mol. The molecule has 1 heterocycles. The molecule has 2 aromatic carbocycles. The van der Waals surface area contributed by atoms with Crippen LogP contribution >= 0.6 is 0 Å². The standard InChI is InChI=1S/C20H20FNO2/c1-14-10-12-22(13-11-14)20(24)18-5-3-2-4-17(18)19(23)15-6-8-16(21)9-7-15/h2-9,14H,10-13H2,1H3. The first-order valence-electron chi connectivity index (χ1n) is 8.25. The maximum absolute atomic E-state index is 13.1. The number of rotatable bonds is 3. The van der Waals surface area contributed by atoms with Crippen LogP contribution in [0.15, 0.2) is 48.5 Å². The Balaban J connectivity index is 1.89. The molecule has 4 heteroatoms. The average Bonchev–Trinajstić information content (AvgIpc) is 2.62. The van der Waals surface area contributed by atoms with Gasteiger partial charge in [0.15, 0.2) is 5.78 Å². The highest BCUT2D eigenvalue weighted by Gasteiger charge is 2.25. The van der Waals surface area contributed by atoms with Crippen LogP contribution in [0.3, 0.4) is 0 Å². The highest BCUT2D eigenvalue weighted by Crippen LogP contribution is 2.21. The Morgan fingerprint density at radius 3 is 2.17 bits per heavy atom. The molecule has 24 heavy (non-hydrogen) atoms. The largest absolute Gasteiger partial charge is 0.339 e. The summed E-state index contributed by atoms with van der Waals surface area (Å²) in [7, 11) is 0. The summed E-state index contributed by atoms with van der Waals surface area (Å²) in [4.78, 5) is 27.4. The van der Waals surface area contributed by atoms with Crippen molar-refractivity contribution in [3.05, 3.63) is 71.0 Å². The number of piperidine rings is 1. The number of nitrogens with zero attached hydrogens (tertiary/aromatic N) is 1. The molecular weight excluding hydrogens is 305 g/mol. The van der Waals surface area contributed by atoms with E-state index in [1.807, 2.05) is 4.90 Å². The molecule has 1 aliphatic rings. The van der Waals surface area contributed by atoms with Gasteiger partial charge < -0.3 is 4.90 Å². The van der Waals surface area contributed by atoms with E-state index in [1.54, 1.807) is 24.3 Å². The average molecular weight is 325 g/mol. The van der Waals surface area contributed by atoms with Crippen LogP contribution in [0.2, 0.25) is 0 Å². The number of hydrogen-bond donors (Lipinski definition) is 0. The maximum atomic E-state index is 13.1. The molecule has 3 nitrogen and oxygen atoms in total. The number of hydrogen-bond acceptors (Lipinski definition) is 2. The minimum atomic E-state index is -0.390. The van der Waals surface area contributed by atoms with Crippen LogP contribution in [0.5, 0.6) is 0 Å². The van der Waals surface area contributed by atoms with E-state index in [9.17, 15) is 14.0 Å². The molecule has 1 amide bonds. The van der Waals surface area contributed by atoms with E-state index in [1.165, 1.54) is 24.3 Å². The van der Waals surface area contributed by atoms with E-state index in [4.69, 9.17) is 0 Å². The van der Waals surface area contributed by atoms with Gasteiger partial charge in [-0.25, -0.2) is 4.39 Å². The third-order valence-corrected chi connectivity index (χ3v) is 4.58. The van der Waals surface area contributed by atoms with E-state index in [2.05, 4.69) is 6.92 Å². The van der Waals surface area contributed by atoms with E-state index in [-0.39, 0.29) is 11.7 Å². The summed E-state index contributed by atoms with van der Waals surface area (Å²) in [5.41, 5.74) is 1.16. The van der Waals surface area contributed by atoms with Crippen molar-refractivity contribution in [1.29, 1.82) is 0 Å². The van der Waals surface area contributed by atoms with Crippen molar-refractivity contribution in [2.24, 2.45) is 5.92 Å². The molecule has 1 aliphatic heterocycles. The molecule has 0 aliphatic carbocycles. The Hall–Kier alpha value is -2.49. The summed E-state index contributed by atoms with van der Waals surface area (Å²) in [6.07, 6.45) is 1.97. The number of ketones is 1. The van der Waals surface area contributed by atoms with E-state index in [0.717, 1.165) is 25.9 Å². The molecule has 3 rings (SSSR count). The summed E-state index contributed by atoms with van der Waals surface area (Å²) in [6, 6.07) is 12.3. The summed E-state index contributed by atoms with van der Waals surface area (Å²) >= 11 is 0. The van der Waals surface area contributed by atoms with E-state index >= 15 is 0 Å².